The zero-order valence-electron chi connectivity index (χ0n) is 17.0. The van der Waals surface area contributed by atoms with Gasteiger partial charge in [0, 0.05) is 39.2 Å². The van der Waals surface area contributed by atoms with Gasteiger partial charge in [-0.25, -0.2) is 13.2 Å². The van der Waals surface area contributed by atoms with Crippen LogP contribution in [-0.2, 0) is 24.3 Å². The number of aryl methyl sites for hydroxylation is 1. The lowest BCUT2D eigenvalue weighted by Gasteiger charge is -2.33. The summed E-state index contributed by atoms with van der Waals surface area (Å²) >= 11 is 0. The Morgan fingerprint density at radius 1 is 1.16 bits per heavy atom. The number of hydrogen-bond acceptors (Lipinski definition) is 8. The average molecular weight is 450 g/mol. The fraction of sp³-hybridized carbons (Fsp3) is 0.368. The molecule has 0 spiro atoms. The zero-order valence-corrected chi connectivity index (χ0v) is 17.8. The van der Waals surface area contributed by atoms with Crippen molar-refractivity contribution < 1.29 is 32.1 Å². The molecule has 0 bridgehead atoms. The van der Waals surface area contributed by atoms with Crippen LogP contribution in [0.5, 0.6) is 0 Å². The van der Waals surface area contributed by atoms with Gasteiger partial charge in [0.1, 0.15) is 0 Å². The fourth-order valence-electron chi connectivity index (χ4n) is 2.99. The fourth-order valence-corrected chi connectivity index (χ4v) is 4.45. The number of carbonyl (C=O) groups is 3. The van der Waals surface area contributed by atoms with E-state index in [-0.39, 0.29) is 35.3 Å². The number of aromatic nitrogens is 1. The first-order valence-corrected chi connectivity index (χ1v) is 10.9. The third-order valence-corrected chi connectivity index (χ3v) is 6.51. The summed E-state index contributed by atoms with van der Waals surface area (Å²) in [5.74, 6) is -1.46. The molecule has 2 amide bonds. The number of anilines is 1. The van der Waals surface area contributed by atoms with Crippen molar-refractivity contribution in [2.45, 2.75) is 18.7 Å². The molecular formula is C19H22N4O7S. The Balaban J connectivity index is 1.61. The van der Waals surface area contributed by atoms with Gasteiger partial charge in [-0.1, -0.05) is 11.2 Å². The number of nitrogens with one attached hydrogen (secondary N) is 1. The Morgan fingerprint density at radius 3 is 2.48 bits per heavy atom. The van der Waals surface area contributed by atoms with Crippen LogP contribution in [-0.4, -0.2) is 73.3 Å². The van der Waals surface area contributed by atoms with Crippen LogP contribution in [0.15, 0.2) is 39.8 Å². The lowest BCUT2D eigenvalue weighted by atomic mass is 10.2. The molecular weight excluding hydrogens is 428 g/mol. The van der Waals surface area contributed by atoms with E-state index in [0.29, 0.717) is 18.8 Å². The maximum Gasteiger partial charge on any atom is 0.338 e. The smallest absolute Gasteiger partial charge is 0.338 e. The van der Waals surface area contributed by atoms with Crippen molar-refractivity contribution in [2.75, 3.05) is 38.1 Å². The van der Waals surface area contributed by atoms with Crippen molar-refractivity contribution in [3.63, 3.8) is 0 Å². The molecule has 1 aromatic heterocycles. The first kappa shape index (κ1) is 22.4. The Bertz CT molecular complexity index is 1090. The van der Waals surface area contributed by atoms with Gasteiger partial charge in [0.25, 0.3) is 5.91 Å². The highest BCUT2D eigenvalue weighted by Gasteiger charge is 2.29. The van der Waals surface area contributed by atoms with E-state index in [4.69, 9.17) is 9.26 Å². The number of nitrogens with zero attached hydrogens (tertiary/aromatic N) is 3. The Kier molecular flexibility index (Phi) is 6.71. The van der Waals surface area contributed by atoms with Gasteiger partial charge in [-0.05, 0) is 25.1 Å². The van der Waals surface area contributed by atoms with E-state index in [0.717, 1.165) is 0 Å². The van der Waals surface area contributed by atoms with E-state index in [9.17, 15) is 22.8 Å². The molecule has 0 aliphatic carbocycles. The molecule has 0 saturated carbocycles. The summed E-state index contributed by atoms with van der Waals surface area (Å²) < 4.78 is 36.9. The SMILES string of the molecule is CC(=O)N1CCN(S(=O)(=O)c2cccc(C(=O)OCC(=O)Nc3cc(C)no3)c2)CC1. The second-order valence-corrected chi connectivity index (χ2v) is 8.83. The number of amides is 2. The second kappa shape index (κ2) is 9.27. The van der Waals surface area contributed by atoms with Crippen LogP contribution in [0.1, 0.15) is 23.0 Å². The standard InChI is InChI=1S/C19H22N4O7S/c1-13-10-18(30-21-13)20-17(25)12-29-19(26)15-4-3-5-16(11-15)31(27,28)23-8-6-22(7-9-23)14(2)24/h3-5,10-11H,6-9,12H2,1-2H3,(H,20,25). The summed E-state index contributed by atoms with van der Waals surface area (Å²) in [6.45, 7) is 3.47. The molecule has 1 aromatic carbocycles. The van der Waals surface area contributed by atoms with Crippen molar-refractivity contribution in [1.82, 2.24) is 14.4 Å². The van der Waals surface area contributed by atoms with Crippen LogP contribution in [0.25, 0.3) is 0 Å². The molecule has 2 heterocycles. The van der Waals surface area contributed by atoms with Gasteiger partial charge < -0.3 is 14.2 Å². The van der Waals surface area contributed by atoms with E-state index in [2.05, 4.69) is 10.5 Å². The van der Waals surface area contributed by atoms with E-state index >= 15 is 0 Å². The highest BCUT2D eigenvalue weighted by Crippen LogP contribution is 2.19. The van der Waals surface area contributed by atoms with Crippen molar-refractivity contribution in [2.24, 2.45) is 0 Å². The normalized spacial score (nSPS) is 14.8. The topological polar surface area (TPSA) is 139 Å². The van der Waals surface area contributed by atoms with E-state index in [1.54, 1.807) is 11.8 Å². The lowest BCUT2D eigenvalue weighted by Crippen LogP contribution is -2.49. The molecule has 0 atom stereocenters. The minimum atomic E-state index is -3.85. The summed E-state index contributed by atoms with van der Waals surface area (Å²) in [4.78, 5) is 37.1. The third kappa shape index (κ3) is 5.47. The molecule has 1 saturated heterocycles. The van der Waals surface area contributed by atoms with E-state index in [1.807, 2.05) is 0 Å². The summed E-state index contributed by atoms with van der Waals surface area (Å²) in [6, 6.07) is 6.90. The van der Waals surface area contributed by atoms with E-state index < -0.39 is 28.5 Å². The highest BCUT2D eigenvalue weighted by atomic mass is 32.2. The van der Waals surface area contributed by atoms with E-state index in [1.165, 1.54) is 41.6 Å². The van der Waals surface area contributed by atoms with Gasteiger partial charge in [0.2, 0.25) is 21.8 Å². The van der Waals surface area contributed by atoms with Gasteiger partial charge in [-0.3, -0.25) is 14.9 Å². The summed E-state index contributed by atoms with van der Waals surface area (Å²) in [6.07, 6.45) is 0. The van der Waals surface area contributed by atoms with Gasteiger partial charge in [0.15, 0.2) is 6.61 Å². The average Bonchev–Trinajstić information content (AvgIpc) is 3.16. The minimum Gasteiger partial charge on any atom is -0.452 e. The number of sulfonamides is 1. The van der Waals surface area contributed by atoms with Crippen LogP contribution in [0.2, 0.25) is 0 Å². The van der Waals surface area contributed by atoms with Crippen LogP contribution in [0.3, 0.4) is 0 Å². The number of benzene rings is 1. The van der Waals surface area contributed by atoms with Crippen LogP contribution >= 0.6 is 0 Å². The molecule has 12 heteroatoms. The minimum absolute atomic E-state index is 0.00763. The van der Waals surface area contributed by atoms with Gasteiger partial charge in [0.05, 0.1) is 16.2 Å². The van der Waals surface area contributed by atoms with Crippen LogP contribution < -0.4 is 5.32 Å². The molecule has 11 nitrogen and oxygen atoms in total. The molecule has 1 aliphatic rings. The first-order chi connectivity index (χ1) is 14.7. The Hall–Kier alpha value is -3.25. The van der Waals surface area contributed by atoms with Crippen molar-refractivity contribution in [3.8, 4) is 0 Å². The third-order valence-electron chi connectivity index (χ3n) is 4.62. The maximum absolute atomic E-state index is 12.9. The second-order valence-electron chi connectivity index (χ2n) is 6.89. The Labute approximate surface area is 179 Å². The van der Waals surface area contributed by atoms with Gasteiger partial charge in [-0.15, -0.1) is 0 Å². The molecule has 3 rings (SSSR count). The van der Waals surface area contributed by atoms with Crippen LogP contribution in [0.4, 0.5) is 5.88 Å². The largest absolute Gasteiger partial charge is 0.452 e. The number of piperazine rings is 1. The number of carbonyl (C=O) groups excluding carboxylic acids is 3. The molecule has 31 heavy (non-hydrogen) atoms. The molecule has 0 unspecified atom stereocenters. The van der Waals surface area contributed by atoms with Gasteiger partial charge >= 0.3 is 5.97 Å². The molecule has 166 valence electrons. The first-order valence-electron chi connectivity index (χ1n) is 9.43. The quantitative estimate of drug-likeness (QED) is 0.632. The highest BCUT2D eigenvalue weighted by molar-refractivity contribution is 7.89. The predicted molar refractivity (Wildman–Crippen MR) is 108 cm³/mol. The maximum atomic E-state index is 12.9. The van der Waals surface area contributed by atoms with Crippen LogP contribution in [0, 0.1) is 6.92 Å². The lowest BCUT2D eigenvalue weighted by molar-refractivity contribution is -0.130. The molecule has 0 radical (unpaired) electrons. The zero-order chi connectivity index (χ0) is 22.6. The summed E-state index contributed by atoms with van der Waals surface area (Å²) in [7, 11) is -3.85. The predicted octanol–water partition coefficient (Wildman–Crippen LogP) is 0.631. The molecule has 1 aliphatic heterocycles. The molecule has 1 N–H and O–H groups in total. The van der Waals surface area contributed by atoms with Crippen molar-refractivity contribution >= 4 is 33.7 Å². The molecule has 1 fully saturated rings. The number of rotatable bonds is 6. The van der Waals surface area contributed by atoms with Crippen molar-refractivity contribution in [3.05, 3.63) is 41.6 Å². The summed E-state index contributed by atoms with van der Waals surface area (Å²) in [5, 5.41) is 6.00. The number of hydrogen-bond donors (Lipinski definition) is 1. The molecule has 2 aromatic rings. The summed E-state index contributed by atoms with van der Waals surface area (Å²) in [5.41, 5.74) is 0.569. The van der Waals surface area contributed by atoms with Gasteiger partial charge in [-0.2, -0.15) is 4.31 Å². The number of esters is 1. The Morgan fingerprint density at radius 2 is 1.87 bits per heavy atom. The number of ether oxygens (including phenoxy) is 1. The monoisotopic (exact) mass is 450 g/mol. The van der Waals surface area contributed by atoms with Crippen molar-refractivity contribution in [1.29, 1.82) is 0 Å².